The highest BCUT2D eigenvalue weighted by Crippen LogP contribution is 2.61. The Morgan fingerprint density at radius 2 is 0.606 bits per heavy atom. The maximum atomic E-state index is 5.40. The van der Waals surface area contributed by atoms with Crippen molar-refractivity contribution in [2.24, 2.45) is 0 Å². The van der Waals surface area contributed by atoms with Crippen molar-refractivity contribution >= 4 is 43.6 Å². The number of fused-ring (bicyclic) bond motifs is 15. The summed E-state index contributed by atoms with van der Waals surface area (Å²) in [5.41, 5.74) is 24.3. The van der Waals surface area contributed by atoms with Crippen LogP contribution in [0.2, 0.25) is 0 Å². The molecule has 0 N–H and O–H groups in total. The summed E-state index contributed by atoms with van der Waals surface area (Å²) in [5.74, 6) is 1.93. The van der Waals surface area contributed by atoms with Gasteiger partial charge in [0, 0.05) is 38.7 Å². The largest absolute Gasteiger partial charge is 0.292 e. The van der Waals surface area contributed by atoms with Gasteiger partial charge in [0.1, 0.15) is 11.6 Å². The van der Waals surface area contributed by atoms with Crippen LogP contribution in [0.4, 0.5) is 0 Å². The molecule has 0 aliphatic heterocycles. The molecule has 0 radical (unpaired) electrons. The van der Waals surface area contributed by atoms with Crippen LogP contribution >= 0.6 is 0 Å². The maximum Gasteiger partial charge on any atom is 0.146 e. The molecule has 0 saturated carbocycles. The highest BCUT2D eigenvalue weighted by molar-refractivity contribution is 6.12. The predicted molar refractivity (Wildman–Crippen MR) is 294 cm³/mol. The molecule has 0 spiro atoms. The Morgan fingerprint density at radius 1 is 0.296 bits per heavy atom. The van der Waals surface area contributed by atoms with Crippen molar-refractivity contribution in [3.63, 3.8) is 0 Å². The summed E-state index contributed by atoms with van der Waals surface area (Å²) in [6.07, 6.45) is 0. The van der Waals surface area contributed by atoms with E-state index in [-0.39, 0.29) is 16.2 Å². The smallest absolute Gasteiger partial charge is 0.146 e. The van der Waals surface area contributed by atoms with Crippen molar-refractivity contribution in [3.05, 3.63) is 228 Å². The second kappa shape index (κ2) is 13.9. The zero-order valence-electron chi connectivity index (χ0n) is 40.8. The van der Waals surface area contributed by atoms with E-state index in [0.29, 0.717) is 0 Å². The van der Waals surface area contributed by atoms with E-state index in [1.54, 1.807) is 0 Å². The van der Waals surface area contributed by atoms with E-state index >= 15 is 0 Å². The first-order chi connectivity index (χ1) is 34.5. The van der Waals surface area contributed by atoms with Gasteiger partial charge in [-0.3, -0.25) is 9.13 Å². The fraction of sp³-hybridized carbons (Fsp3) is 0.134. The van der Waals surface area contributed by atoms with Crippen molar-refractivity contribution in [2.75, 3.05) is 0 Å². The van der Waals surface area contributed by atoms with Crippen LogP contribution in [-0.4, -0.2) is 19.1 Å². The van der Waals surface area contributed by atoms with Crippen molar-refractivity contribution in [3.8, 4) is 67.5 Å². The lowest BCUT2D eigenvalue weighted by Crippen LogP contribution is -2.17. The second-order valence-corrected chi connectivity index (χ2v) is 21.7. The fourth-order valence-corrected chi connectivity index (χ4v) is 13.3. The molecule has 2 aromatic heterocycles. The molecule has 3 aliphatic carbocycles. The van der Waals surface area contributed by atoms with Crippen molar-refractivity contribution in [2.45, 2.75) is 57.8 Å². The number of para-hydroxylation sites is 6. The molecule has 3 aliphatic rings. The topological polar surface area (TPSA) is 35.6 Å². The van der Waals surface area contributed by atoms with Gasteiger partial charge >= 0.3 is 0 Å². The van der Waals surface area contributed by atoms with Gasteiger partial charge in [0.05, 0.1) is 22.1 Å². The Balaban J connectivity index is 0.912. The van der Waals surface area contributed by atoms with Crippen LogP contribution in [-0.2, 0) is 16.2 Å². The number of hydrogen-bond acceptors (Lipinski definition) is 2. The minimum atomic E-state index is -0.271. The third-order valence-electron chi connectivity index (χ3n) is 16.9. The highest BCUT2D eigenvalue weighted by Gasteiger charge is 2.46. The molecular weight excluding hydrogens is 861 g/mol. The van der Waals surface area contributed by atoms with Crippen molar-refractivity contribution in [1.29, 1.82) is 0 Å². The number of hydrogen-bond donors (Lipinski definition) is 0. The van der Waals surface area contributed by atoms with Crippen molar-refractivity contribution in [1.82, 2.24) is 19.1 Å². The standard InChI is InChI=1S/C67H50N4/c1-65(2)51-37-49-53(66(3,4)55-35-47(41-25-13-15-27-43(41)61(49)55)63-68-57-29-17-19-31-59(57)70(63)39-21-9-7-10-22-39)33-45(51)46-34-54-50(38-52(46)65)62-44-28-16-14-26-42(44)48(36-56(62)67(54,5)6)64-69-58-30-18-20-32-60(58)71(64)40-23-11-8-12-24-40/h7-38H,1-6H3. The first-order valence-electron chi connectivity index (χ1n) is 25.1. The van der Waals surface area contributed by atoms with Crippen LogP contribution in [0.1, 0.15) is 74.9 Å². The lowest BCUT2D eigenvalue weighted by Gasteiger charge is -2.25. The summed E-state index contributed by atoms with van der Waals surface area (Å²) >= 11 is 0. The van der Waals surface area contributed by atoms with Gasteiger partial charge in [0.25, 0.3) is 0 Å². The number of benzene rings is 10. The van der Waals surface area contributed by atoms with Crippen LogP contribution in [0.5, 0.6) is 0 Å². The molecule has 0 saturated heterocycles. The SMILES string of the molecule is CC1(C)c2cc3c(cc2-c2cc4c(cc21)-c1c(cc(-c2nc5ccccc5n2-c2ccccc2)c2ccccc12)C4(C)C)C(C)(C)c1cc(-c2nc4ccccc4n2-c2ccccc2)c2ccccc2c1-3. The molecule has 2 heterocycles. The fourth-order valence-electron chi connectivity index (χ4n) is 13.3. The monoisotopic (exact) mass is 910 g/mol. The molecule has 10 aromatic carbocycles. The minimum absolute atomic E-state index is 0.235. The zero-order valence-corrected chi connectivity index (χ0v) is 40.8. The number of imidazole rings is 2. The highest BCUT2D eigenvalue weighted by atomic mass is 15.1. The summed E-state index contributed by atoms with van der Waals surface area (Å²) in [7, 11) is 0. The molecule has 15 rings (SSSR count). The summed E-state index contributed by atoms with van der Waals surface area (Å²) in [5, 5.41) is 4.98. The van der Waals surface area contributed by atoms with Crippen molar-refractivity contribution < 1.29 is 0 Å². The molecule has 0 unspecified atom stereocenters. The zero-order chi connectivity index (χ0) is 47.7. The van der Waals surface area contributed by atoms with E-state index in [9.17, 15) is 0 Å². The number of rotatable bonds is 4. The average Bonchev–Trinajstić information content (AvgIpc) is 4.15. The molecule has 71 heavy (non-hydrogen) atoms. The quantitative estimate of drug-likeness (QED) is 0.176. The normalized spacial score (nSPS) is 15.2. The number of nitrogens with zero attached hydrogens (tertiary/aromatic N) is 4. The summed E-state index contributed by atoms with van der Waals surface area (Å²) in [4.78, 5) is 10.8. The van der Waals surface area contributed by atoms with Gasteiger partial charge in [-0.2, -0.15) is 0 Å². The summed E-state index contributed by atoms with van der Waals surface area (Å²) in [6, 6.07) is 71.7. The van der Waals surface area contributed by atoms with E-state index in [1.807, 2.05) is 0 Å². The molecular formula is C67H50N4. The average molecular weight is 911 g/mol. The van der Waals surface area contributed by atoms with E-state index < -0.39 is 0 Å². The lowest BCUT2D eigenvalue weighted by atomic mass is 9.78. The molecule has 4 nitrogen and oxygen atoms in total. The van der Waals surface area contributed by atoms with Gasteiger partial charge in [-0.25, -0.2) is 9.97 Å². The predicted octanol–water partition coefficient (Wildman–Crippen LogP) is 16.9. The van der Waals surface area contributed by atoms with Gasteiger partial charge in [-0.1, -0.05) is 151 Å². The first-order valence-corrected chi connectivity index (χ1v) is 25.1. The van der Waals surface area contributed by atoms with Gasteiger partial charge in [-0.15, -0.1) is 0 Å². The van der Waals surface area contributed by atoms with Gasteiger partial charge in [-0.05, 0) is 173 Å². The van der Waals surface area contributed by atoms with Crippen LogP contribution in [0.15, 0.2) is 194 Å². The minimum Gasteiger partial charge on any atom is -0.292 e. The van der Waals surface area contributed by atoms with Crippen LogP contribution in [0.25, 0.3) is 111 Å². The number of aromatic nitrogens is 4. The third-order valence-corrected chi connectivity index (χ3v) is 16.9. The Kier molecular flexibility index (Phi) is 7.95. The van der Waals surface area contributed by atoms with E-state index in [2.05, 4.69) is 245 Å². The van der Waals surface area contributed by atoms with E-state index in [4.69, 9.17) is 9.97 Å². The molecule has 338 valence electrons. The molecule has 0 amide bonds. The third kappa shape index (κ3) is 5.29. The van der Waals surface area contributed by atoms with E-state index in [0.717, 1.165) is 56.2 Å². The summed E-state index contributed by atoms with van der Waals surface area (Å²) in [6.45, 7) is 14.6. The first kappa shape index (κ1) is 40.5. The second-order valence-electron chi connectivity index (χ2n) is 21.7. The molecule has 0 atom stereocenters. The Hall–Kier alpha value is -8.34. The Morgan fingerprint density at radius 3 is 1.03 bits per heavy atom. The Labute approximate surface area is 413 Å². The lowest BCUT2D eigenvalue weighted by molar-refractivity contribution is 0.649. The van der Waals surface area contributed by atoms with Crippen LogP contribution in [0, 0.1) is 0 Å². The van der Waals surface area contributed by atoms with Crippen LogP contribution in [0.3, 0.4) is 0 Å². The maximum absolute atomic E-state index is 5.40. The van der Waals surface area contributed by atoms with Gasteiger partial charge < -0.3 is 0 Å². The van der Waals surface area contributed by atoms with Gasteiger partial charge in [0.2, 0.25) is 0 Å². The van der Waals surface area contributed by atoms with Gasteiger partial charge in [0.15, 0.2) is 0 Å². The molecule has 0 fully saturated rings. The molecule has 0 bridgehead atoms. The molecule has 12 aromatic rings. The molecule has 4 heteroatoms. The van der Waals surface area contributed by atoms with E-state index in [1.165, 1.54) is 88.3 Å². The van der Waals surface area contributed by atoms with Crippen LogP contribution < -0.4 is 0 Å². The Bertz CT molecular complexity index is 4020. The summed E-state index contributed by atoms with van der Waals surface area (Å²) < 4.78 is 4.69.